The summed E-state index contributed by atoms with van der Waals surface area (Å²) in [4.78, 5) is 54.8. The molecule has 3 N–H and O–H groups in total. The van der Waals surface area contributed by atoms with Crippen LogP contribution in [0.4, 0.5) is 4.79 Å². The van der Waals surface area contributed by atoms with E-state index in [0.29, 0.717) is 12.0 Å². The van der Waals surface area contributed by atoms with Gasteiger partial charge in [0.1, 0.15) is 23.7 Å². The maximum atomic E-state index is 13.4. The average Bonchev–Trinajstić information content (AvgIpc) is 2.92. The number of hydrogen-bond donors (Lipinski definition) is 3. The molecule has 220 valence electrons. The van der Waals surface area contributed by atoms with Crippen molar-refractivity contribution < 1.29 is 29.0 Å². The van der Waals surface area contributed by atoms with Crippen molar-refractivity contribution >= 4 is 23.7 Å². The third-order valence-corrected chi connectivity index (χ3v) is 6.16. The molecule has 11 heteroatoms. The summed E-state index contributed by atoms with van der Waals surface area (Å²) >= 11 is 0. The molecule has 11 nitrogen and oxygen atoms in total. The minimum absolute atomic E-state index is 0.00425. The summed E-state index contributed by atoms with van der Waals surface area (Å²) in [5.74, 6) is -1.84. The number of alkyl carbamates (subject to hydrolysis) is 1. The van der Waals surface area contributed by atoms with Gasteiger partial charge in [-0.1, -0.05) is 82.3 Å². The minimum atomic E-state index is -1.06. The van der Waals surface area contributed by atoms with E-state index < -0.39 is 48.4 Å². The first kappa shape index (κ1) is 32.8. The average molecular weight is 566 g/mol. The van der Waals surface area contributed by atoms with Gasteiger partial charge < -0.3 is 25.8 Å². The van der Waals surface area contributed by atoms with Gasteiger partial charge in [-0.25, -0.2) is 4.79 Å². The number of diazo groups is 1. The van der Waals surface area contributed by atoms with Crippen LogP contribution in [0.3, 0.4) is 0 Å². The van der Waals surface area contributed by atoms with E-state index >= 15 is 0 Å². The number of hydrogen-bond acceptors (Lipinski definition) is 7. The van der Waals surface area contributed by atoms with Gasteiger partial charge in [0.25, 0.3) is 0 Å². The van der Waals surface area contributed by atoms with Gasteiger partial charge in [0, 0.05) is 6.42 Å². The van der Waals surface area contributed by atoms with Crippen molar-refractivity contribution in [2.75, 3.05) is 6.54 Å². The molecule has 2 aromatic carbocycles. The molecule has 0 unspecified atom stereocenters. The number of carbonyl (C=O) groups is 4. The van der Waals surface area contributed by atoms with Crippen molar-refractivity contribution in [2.24, 2.45) is 11.8 Å². The maximum Gasteiger partial charge on any atom is 0.408 e. The summed E-state index contributed by atoms with van der Waals surface area (Å²) in [6.07, 6.45) is -0.132. The monoisotopic (exact) mass is 565 g/mol. The smallest absolute Gasteiger partial charge is 0.408 e. The Morgan fingerprint density at radius 3 is 1.85 bits per heavy atom. The molecule has 0 bridgehead atoms. The van der Waals surface area contributed by atoms with Crippen molar-refractivity contribution in [3.05, 3.63) is 70.7 Å². The first-order valence-electron chi connectivity index (χ1n) is 13.7. The normalized spacial score (nSPS) is 13.0. The van der Waals surface area contributed by atoms with E-state index in [1.165, 1.54) is 12.1 Å². The van der Waals surface area contributed by atoms with E-state index in [2.05, 4.69) is 20.9 Å². The van der Waals surface area contributed by atoms with Crippen molar-refractivity contribution in [3.8, 4) is 5.75 Å². The largest absolute Gasteiger partial charge is 0.872 e. The highest BCUT2D eigenvalue weighted by Gasteiger charge is 2.32. The van der Waals surface area contributed by atoms with E-state index in [9.17, 15) is 24.3 Å². The number of amides is 3. The van der Waals surface area contributed by atoms with Crippen LogP contribution < -0.4 is 21.1 Å². The Hall–Kier alpha value is -4.46. The number of nitrogens with zero attached hydrogens (tertiary/aromatic N) is 2. The lowest BCUT2D eigenvalue weighted by Gasteiger charge is -2.26. The van der Waals surface area contributed by atoms with Gasteiger partial charge >= 0.3 is 12.6 Å². The summed E-state index contributed by atoms with van der Waals surface area (Å²) in [6, 6.07) is 11.9. The molecule has 2 aromatic rings. The lowest BCUT2D eigenvalue weighted by atomic mass is 9.98. The van der Waals surface area contributed by atoms with Gasteiger partial charge in [0.15, 0.2) is 0 Å². The summed E-state index contributed by atoms with van der Waals surface area (Å²) in [7, 11) is 0. The van der Waals surface area contributed by atoms with Crippen molar-refractivity contribution in [1.82, 2.24) is 16.0 Å². The van der Waals surface area contributed by atoms with Crippen LogP contribution in [0.25, 0.3) is 4.98 Å². The van der Waals surface area contributed by atoms with Crippen molar-refractivity contribution in [2.45, 2.75) is 71.7 Å². The molecule has 0 radical (unpaired) electrons. The molecular formula is C30H39N5O6. The van der Waals surface area contributed by atoms with Crippen molar-refractivity contribution in [1.29, 1.82) is 5.39 Å². The Morgan fingerprint density at radius 1 is 0.780 bits per heavy atom. The summed E-state index contributed by atoms with van der Waals surface area (Å²) in [5.41, 5.74) is 1.42. The van der Waals surface area contributed by atoms with E-state index in [4.69, 9.17) is 10.1 Å². The van der Waals surface area contributed by atoms with Gasteiger partial charge in [-0.05, 0) is 35.8 Å². The zero-order chi connectivity index (χ0) is 30.4. The number of rotatable bonds is 15. The second-order valence-corrected chi connectivity index (χ2v) is 10.8. The second kappa shape index (κ2) is 16.6. The molecule has 0 spiro atoms. The fourth-order valence-electron chi connectivity index (χ4n) is 4.14. The van der Waals surface area contributed by atoms with Crippen LogP contribution in [-0.4, -0.2) is 48.4 Å². The van der Waals surface area contributed by atoms with Crippen LogP contribution >= 0.6 is 0 Å². The fourth-order valence-corrected chi connectivity index (χ4v) is 4.14. The summed E-state index contributed by atoms with van der Waals surface area (Å²) < 4.78 is 5.28. The van der Waals surface area contributed by atoms with Crippen LogP contribution in [0, 0.1) is 17.2 Å². The molecule has 2 rings (SSSR count). The molecule has 0 aliphatic carbocycles. The topological polar surface area (TPSA) is 165 Å². The highest BCUT2D eigenvalue weighted by atomic mass is 16.5. The number of nitrogens with one attached hydrogen (secondary N) is 3. The van der Waals surface area contributed by atoms with E-state index in [-0.39, 0.29) is 37.0 Å². The van der Waals surface area contributed by atoms with Gasteiger partial charge in [0.2, 0.25) is 23.0 Å². The Morgan fingerprint density at radius 2 is 1.32 bits per heavy atom. The van der Waals surface area contributed by atoms with Gasteiger partial charge in [-0.2, -0.15) is 0 Å². The Balaban J connectivity index is 2.14. The SMILES string of the molecule is CC(C)C[C@H](NC(=O)OCc1ccccc1)C(=O)N[C@@H](CC(C)C)C(=O)N[C@@H](Cc1ccc([O-])cc1)C(=O)C[N+]#N. The zero-order valence-corrected chi connectivity index (χ0v) is 24.0. The molecule has 0 aromatic heterocycles. The molecule has 0 fully saturated rings. The van der Waals surface area contributed by atoms with Crippen LogP contribution in [0.5, 0.6) is 5.75 Å². The van der Waals surface area contributed by atoms with Crippen LogP contribution in [0.1, 0.15) is 51.7 Å². The van der Waals surface area contributed by atoms with Gasteiger partial charge in [0.05, 0.1) is 6.04 Å². The van der Waals surface area contributed by atoms with E-state index in [0.717, 1.165) is 5.56 Å². The molecule has 0 saturated heterocycles. The third-order valence-electron chi connectivity index (χ3n) is 6.16. The number of ketones is 1. The van der Waals surface area contributed by atoms with E-state index in [1.54, 1.807) is 12.1 Å². The predicted octanol–water partition coefficient (Wildman–Crippen LogP) is 3.08. The number of carbonyl (C=O) groups excluding carboxylic acids is 4. The molecule has 0 heterocycles. The number of benzene rings is 2. The number of Topliss-reactive ketones (excluding diaryl/α,β-unsaturated/α-hetero) is 1. The zero-order valence-electron chi connectivity index (χ0n) is 24.0. The highest BCUT2D eigenvalue weighted by molar-refractivity contribution is 5.95. The molecule has 0 aliphatic rings. The molecule has 3 atom stereocenters. The standard InChI is InChI=1S/C30H39N5O6/c1-19(2)14-25(28(38)33-24(27(37)17-32-31)16-21-10-12-23(36)13-11-21)34-29(39)26(15-20(3)4)35-30(40)41-18-22-8-6-5-7-9-22/h5-13,19-20,24-26H,14-18H2,1-4H3,(H3-,33,34,35,36,38,39,40)/t24-,25-,26-/m0/s1. The number of ether oxygens (including phenoxy) is 1. The molecule has 41 heavy (non-hydrogen) atoms. The van der Waals surface area contributed by atoms with Crippen LogP contribution in [-0.2, 0) is 32.1 Å². The Kier molecular flexibility index (Phi) is 13.3. The van der Waals surface area contributed by atoms with Crippen LogP contribution in [0.2, 0.25) is 0 Å². The maximum absolute atomic E-state index is 13.4. The quantitative estimate of drug-likeness (QED) is 0.279. The first-order chi connectivity index (χ1) is 19.5. The Bertz CT molecular complexity index is 1190. The summed E-state index contributed by atoms with van der Waals surface area (Å²) in [6.45, 7) is 7.07. The van der Waals surface area contributed by atoms with Gasteiger partial charge in [-0.15, -0.1) is 5.75 Å². The predicted molar refractivity (Wildman–Crippen MR) is 151 cm³/mol. The first-order valence-corrected chi connectivity index (χ1v) is 13.7. The fraction of sp³-hybridized carbons (Fsp3) is 0.467. The molecule has 0 saturated carbocycles. The molecule has 0 aliphatic heterocycles. The molecule has 3 amide bonds. The van der Waals surface area contributed by atoms with Crippen LogP contribution in [0.15, 0.2) is 54.6 Å². The highest BCUT2D eigenvalue weighted by Crippen LogP contribution is 2.13. The van der Waals surface area contributed by atoms with E-state index in [1.807, 2.05) is 58.0 Å². The Labute approximate surface area is 240 Å². The molecular weight excluding hydrogens is 526 g/mol. The van der Waals surface area contributed by atoms with Crippen molar-refractivity contribution in [3.63, 3.8) is 0 Å². The lowest BCUT2D eigenvalue weighted by Crippen LogP contribution is -2.56. The summed E-state index contributed by atoms with van der Waals surface area (Å²) in [5, 5.41) is 28.4. The third kappa shape index (κ3) is 12.1. The van der Waals surface area contributed by atoms with Gasteiger partial charge in [-0.3, -0.25) is 14.4 Å². The minimum Gasteiger partial charge on any atom is -0.872 e. The lowest BCUT2D eigenvalue weighted by molar-refractivity contribution is -0.268. The second-order valence-electron chi connectivity index (χ2n) is 10.8.